The van der Waals surface area contributed by atoms with Crippen molar-refractivity contribution in [2.45, 2.75) is 4.90 Å². The Morgan fingerprint density at radius 1 is 1.45 bits per heavy atom. The van der Waals surface area contributed by atoms with Gasteiger partial charge in [0.15, 0.2) is 4.73 Å². The van der Waals surface area contributed by atoms with E-state index in [2.05, 4.69) is 38.5 Å². The summed E-state index contributed by atoms with van der Waals surface area (Å²) in [5, 5.41) is 0. The summed E-state index contributed by atoms with van der Waals surface area (Å²) in [5.74, 6) is 0. The molecule has 2 rings (SSSR count). The average Bonchev–Trinajstić information content (AvgIpc) is 2.31. The van der Waals surface area contributed by atoms with Gasteiger partial charge in [-0.05, 0) is 28.1 Å². The number of nitrogens with zero attached hydrogens (tertiary/aromatic N) is 1. The molecule has 0 spiro atoms. The van der Waals surface area contributed by atoms with Gasteiger partial charge < -0.3 is 4.98 Å². The number of thiol groups is 1. The second-order valence-electron chi connectivity index (χ2n) is 2.20. The van der Waals surface area contributed by atoms with Crippen LogP contribution in [0.5, 0.6) is 0 Å². The molecule has 0 fully saturated rings. The van der Waals surface area contributed by atoms with Crippen molar-refractivity contribution >= 4 is 39.6 Å². The second-order valence-corrected chi connectivity index (χ2v) is 3.43. The molecule has 1 N–H and O–H groups in total. The Morgan fingerprint density at radius 3 is 3.00 bits per heavy atom. The van der Waals surface area contributed by atoms with Crippen molar-refractivity contribution < 1.29 is 0 Å². The van der Waals surface area contributed by atoms with E-state index in [9.17, 15) is 0 Å². The number of imidazole rings is 1. The normalized spacial score (nSPS) is 10.7. The summed E-state index contributed by atoms with van der Waals surface area (Å²) in [6, 6.07) is 5.82. The van der Waals surface area contributed by atoms with E-state index in [1.807, 2.05) is 18.2 Å². The number of rotatable bonds is 0. The number of hydrogen-bond acceptors (Lipinski definition) is 2. The minimum absolute atomic E-state index is 0.744. The minimum Gasteiger partial charge on any atom is -0.332 e. The van der Waals surface area contributed by atoms with Crippen molar-refractivity contribution in [2.75, 3.05) is 0 Å². The van der Waals surface area contributed by atoms with Gasteiger partial charge >= 0.3 is 0 Å². The first-order valence-corrected chi connectivity index (χ1v) is 4.34. The van der Waals surface area contributed by atoms with Gasteiger partial charge in [-0.3, -0.25) is 0 Å². The summed E-state index contributed by atoms with van der Waals surface area (Å²) < 4.78 is 0.744. The highest BCUT2D eigenvalue weighted by Gasteiger charge is 2.01. The zero-order valence-corrected chi connectivity index (χ0v) is 7.98. The smallest absolute Gasteiger partial charge is 0.175 e. The standard InChI is InChI=1S/C7H5BrN2S/c8-7-9-4-2-1-3-5(11)6(4)10-7/h1-3,11H,(H,9,10). The Labute approximate surface area is 77.6 Å². The van der Waals surface area contributed by atoms with E-state index in [1.165, 1.54) is 0 Å². The molecule has 1 aromatic carbocycles. The lowest BCUT2D eigenvalue weighted by molar-refractivity contribution is 1.26. The number of fused-ring (bicyclic) bond motifs is 1. The Morgan fingerprint density at radius 2 is 2.27 bits per heavy atom. The molecule has 0 bridgehead atoms. The molecule has 2 nitrogen and oxygen atoms in total. The highest BCUT2D eigenvalue weighted by Crippen LogP contribution is 2.20. The predicted molar refractivity (Wildman–Crippen MR) is 51.0 cm³/mol. The fourth-order valence-corrected chi connectivity index (χ4v) is 1.63. The maximum atomic E-state index is 4.26. The van der Waals surface area contributed by atoms with Gasteiger partial charge in [0.05, 0.1) is 5.52 Å². The molecule has 0 aliphatic carbocycles. The quantitative estimate of drug-likeness (QED) is 0.668. The number of aromatic nitrogens is 2. The highest BCUT2D eigenvalue weighted by molar-refractivity contribution is 9.10. The zero-order valence-electron chi connectivity index (χ0n) is 5.50. The summed E-state index contributed by atoms with van der Waals surface area (Å²) in [6.45, 7) is 0. The Balaban J connectivity index is 2.90. The number of hydrogen-bond donors (Lipinski definition) is 2. The summed E-state index contributed by atoms with van der Waals surface area (Å²) in [7, 11) is 0. The maximum absolute atomic E-state index is 4.26. The van der Waals surface area contributed by atoms with Crippen LogP contribution in [0.2, 0.25) is 0 Å². The molecule has 0 aliphatic rings. The van der Waals surface area contributed by atoms with Crippen LogP contribution in [-0.2, 0) is 0 Å². The zero-order chi connectivity index (χ0) is 7.84. The molecule has 0 saturated heterocycles. The van der Waals surface area contributed by atoms with Crippen LogP contribution < -0.4 is 0 Å². The van der Waals surface area contributed by atoms with E-state index in [4.69, 9.17) is 0 Å². The van der Waals surface area contributed by atoms with Gasteiger partial charge in [0.2, 0.25) is 0 Å². The second kappa shape index (κ2) is 2.53. The number of aromatic amines is 1. The Bertz CT molecular complexity index is 396. The molecule has 11 heavy (non-hydrogen) atoms. The molecular formula is C7H5BrN2S. The van der Waals surface area contributed by atoms with Gasteiger partial charge in [0.25, 0.3) is 0 Å². The van der Waals surface area contributed by atoms with Gasteiger partial charge in [0.1, 0.15) is 5.52 Å². The fraction of sp³-hybridized carbons (Fsp3) is 0. The summed E-state index contributed by atoms with van der Waals surface area (Å²) in [6.07, 6.45) is 0. The lowest BCUT2D eigenvalue weighted by atomic mass is 10.3. The lowest BCUT2D eigenvalue weighted by Gasteiger charge is -1.89. The van der Waals surface area contributed by atoms with Crippen LogP contribution in [0.4, 0.5) is 0 Å². The first kappa shape index (κ1) is 7.18. The summed E-state index contributed by atoms with van der Waals surface area (Å²) in [4.78, 5) is 8.15. The van der Waals surface area contributed by atoms with Gasteiger partial charge in [-0.1, -0.05) is 6.07 Å². The third-order valence-electron chi connectivity index (χ3n) is 1.46. The topological polar surface area (TPSA) is 28.7 Å². The maximum Gasteiger partial charge on any atom is 0.175 e. The van der Waals surface area contributed by atoms with E-state index in [-0.39, 0.29) is 0 Å². The Hall–Kier alpha value is -0.480. The lowest BCUT2D eigenvalue weighted by Crippen LogP contribution is -1.69. The molecular weight excluding hydrogens is 224 g/mol. The molecule has 0 saturated carbocycles. The van der Waals surface area contributed by atoms with Gasteiger partial charge in [-0.15, -0.1) is 12.6 Å². The molecule has 0 atom stereocenters. The molecule has 1 heterocycles. The number of H-pyrrole nitrogens is 1. The molecule has 0 radical (unpaired) electrons. The van der Waals surface area contributed by atoms with E-state index < -0.39 is 0 Å². The van der Waals surface area contributed by atoms with Gasteiger partial charge in [0, 0.05) is 4.90 Å². The molecule has 0 aliphatic heterocycles. The van der Waals surface area contributed by atoms with Crippen molar-refractivity contribution in [3.63, 3.8) is 0 Å². The molecule has 4 heteroatoms. The number of halogens is 1. The van der Waals surface area contributed by atoms with Gasteiger partial charge in [-0.2, -0.15) is 0 Å². The summed E-state index contributed by atoms with van der Waals surface area (Å²) >= 11 is 7.52. The van der Waals surface area contributed by atoms with E-state index in [1.54, 1.807) is 0 Å². The van der Waals surface area contributed by atoms with E-state index in [0.29, 0.717) is 0 Å². The molecule has 56 valence electrons. The van der Waals surface area contributed by atoms with Gasteiger partial charge in [-0.25, -0.2) is 4.98 Å². The third kappa shape index (κ3) is 1.16. The van der Waals surface area contributed by atoms with Crippen LogP contribution in [0.15, 0.2) is 27.8 Å². The van der Waals surface area contributed by atoms with Crippen molar-refractivity contribution in [3.05, 3.63) is 22.9 Å². The van der Waals surface area contributed by atoms with E-state index in [0.717, 1.165) is 20.7 Å². The number of para-hydroxylation sites is 1. The first-order valence-electron chi connectivity index (χ1n) is 3.10. The minimum atomic E-state index is 0.744. The van der Waals surface area contributed by atoms with Crippen molar-refractivity contribution in [2.24, 2.45) is 0 Å². The molecule has 0 unspecified atom stereocenters. The van der Waals surface area contributed by atoms with Crippen LogP contribution in [0.3, 0.4) is 0 Å². The van der Waals surface area contributed by atoms with Crippen LogP contribution in [0.1, 0.15) is 0 Å². The monoisotopic (exact) mass is 228 g/mol. The average molecular weight is 229 g/mol. The first-order chi connectivity index (χ1) is 5.27. The van der Waals surface area contributed by atoms with Crippen LogP contribution in [0, 0.1) is 0 Å². The molecule has 1 aromatic heterocycles. The fourth-order valence-electron chi connectivity index (χ4n) is 0.987. The Kier molecular flexibility index (Phi) is 1.65. The van der Waals surface area contributed by atoms with Crippen LogP contribution in [-0.4, -0.2) is 9.97 Å². The van der Waals surface area contributed by atoms with Crippen LogP contribution in [0.25, 0.3) is 11.0 Å². The van der Waals surface area contributed by atoms with Crippen molar-refractivity contribution in [1.29, 1.82) is 0 Å². The summed E-state index contributed by atoms with van der Waals surface area (Å²) in [5.41, 5.74) is 1.91. The predicted octanol–water partition coefficient (Wildman–Crippen LogP) is 2.61. The molecule has 2 aromatic rings. The highest BCUT2D eigenvalue weighted by atomic mass is 79.9. The number of benzene rings is 1. The SMILES string of the molecule is Sc1cccc2[nH]c(Br)nc12. The van der Waals surface area contributed by atoms with Crippen molar-refractivity contribution in [3.8, 4) is 0 Å². The largest absolute Gasteiger partial charge is 0.332 e. The van der Waals surface area contributed by atoms with Crippen molar-refractivity contribution in [1.82, 2.24) is 9.97 Å². The van der Waals surface area contributed by atoms with Crippen LogP contribution >= 0.6 is 28.6 Å². The molecule has 0 amide bonds. The number of nitrogens with one attached hydrogen (secondary N) is 1. The third-order valence-corrected chi connectivity index (χ3v) is 2.20. The van der Waals surface area contributed by atoms with E-state index >= 15 is 0 Å².